The van der Waals surface area contributed by atoms with Crippen molar-refractivity contribution in [2.75, 3.05) is 26.8 Å². The van der Waals surface area contributed by atoms with Crippen molar-refractivity contribution in [2.45, 2.75) is 30.9 Å². The zero-order chi connectivity index (χ0) is 25.3. The van der Waals surface area contributed by atoms with Crippen molar-refractivity contribution in [1.29, 1.82) is 0 Å². The Morgan fingerprint density at radius 3 is 2.20 bits per heavy atom. The highest BCUT2D eigenvalue weighted by atomic mass is 19.3. The van der Waals surface area contributed by atoms with E-state index < -0.39 is 55.0 Å². The third-order valence-corrected chi connectivity index (χ3v) is 6.65. The Kier molecular flexibility index (Phi) is 6.75. The van der Waals surface area contributed by atoms with Crippen LogP contribution in [0.15, 0.2) is 48.5 Å². The van der Waals surface area contributed by atoms with E-state index in [1.165, 1.54) is 14.0 Å². The van der Waals surface area contributed by atoms with Crippen LogP contribution in [0.25, 0.3) is 11.1 Å². The molecular formula is C25H26F2N2O6. The van der Waals surface area contributed by atoms with Gasteiger partial charge in [-0.2, -0.15) is 0 Å². The molecule has 0 radical (unpaired) electrons. The smallest absolute Gasteiger partial charge is 0.407 e. The predicted molar refractivity (Wildman–Crippen MR) is 121 cm³/mol. The molecule has 1 heterocycles. The fourth-order valence-corrected chi connectivity index (χ4v) is 4.69. The van der Waals surface area contributed by atoms with Gasteiger partial charge >= 0.3 is 12.1 Å². The number of aliphatic carboxylic acids is 1. The third-order valence-electron chi connectivity index (χ3n) is 6.65. The molecule has 2 amide bonds. The van der Waals surface area contributed by atoms with Gasteiger partial charge in [0.1, 0.15) is 18.6 Å². The van der Waals surface area contributed by atoms with Crippen molar-refractivity contribution in [3.05, 3.63) is 59.7 Å². The predicted octanol–water partition coefficient (Wildman–Crippen LogP) is 3.11. The van der Waals surface area contributed by atoms with Crippen molar-refractivity contribution >= 4 is 18.0 Å². The molecule has 1 aliphatic heterocycles. The average Bonchev–Trinajstić information content (AvgIpc) is 3.34. The van der Waals surface area contributed by atoms with Crippen molar-refractivity contribution in [1.82, 2.24) is 10.2 Å². The number of ether oxygens (including phenoxy) is 2. The molecule has 0 bridgehead atoms. The summed E-state index contributed by atoms with van der Waals surface area (Å²) < 4.78 is 38.8. The van der Waals surface area contributed by atoms with Crippen LogP contribution in [-0.4, -0.2) is 72.9 Å². The minimum Gasteiger partial charge on any atom is -0.481 e. The molecule has 2 N–H and O–H groups in total. The number of fused-ring (bicyclic) bond motifs is 3. The molecule has 0 saturated carbocycles. The minimum absolute atomic E-state index is 0.00497. The number of carboxylic acids is 1. The van der Waals surface area contributed by atoms with Gasteiger partial charge in [0.2, 0.25) is 5.91 Å². The molecule has 0 spiro atoms. The van der Waals surface area contributed by atoms with Gasteiger partial charge in [0.05, 0.1) is 12.6 Å². The number of carbonyl (C=O) groups excluding carboxylic acids is 2. The Morgan fingerprint density at radius 1 is 1.11 bits per heavy atom. The first-order valence-corrected chi connectivity index (χ1v) is 11.2. The van der Waals surface area contributed by atoms with Crippen LogP contribution >= 0.6 is 0 Å². The van der Waals surface area contributed by atoms with Crippen LogP contribution in [0.3, 0.4) is 0 Å². The molecule has 2 aromatic carbocycles. The molecule has 3 unspecified atom stereocenters. The number of carbonyl (C=O) groups is 3. The fourth-order valence-electron chi connectivity index (χ4n) is 4.69. The SMILES string of the molecule is COC(C)C(NC(=O)OCC1c2ccccc2-c2ccccc21)C(=O)N1CC(C(=O)O)C(F)(F)C1. The highest BCUT2D eigenvalue weighted by Gasteiger charge is 2.54. The van der Waals surface area contributed by atoms with Crippen molar-refractivity contribution in [3.8, 4) is 11.1 Å². The molecule has 8 nitrogen and oxygen atoms in total. The topological polar surface area (TPSA) is 105 Å². The van der Waals surface area contributed by atoms with E-state index in [9.17, 15) is 23.2 Å². The van der Waals surface area contributed by atoms with Crippen LogP contribution in [0.4, 0.5) is 13.6 Å². The van der Waals surface area contributed by atoms with Gasteiger partial charge in [0.15, 0.2) is 0 Å². The number of amides is 2. The minimum atomic E-state index is -3.58. The number of nitrogens with zero attached hydrogens (tertiary/aromatic N) is 1. The summed E-state index contributed by atoms with van der Waals surface area (Å²) in [6, 6.07) is 14.3. The van der Waals surface area contributed by atoms with Crippen LogP contribution in [0.1, 0.15) is 24.0 Å². The second-order valence-corrected chi connectivity index (χ2v) is 8.76. The van der Waals surface area contributed by atoms with E-state index in [2.05, 4.69) is 5.32 Å². The van der Waals surface area contributed by atoms with Crippen LogP contribution in [0.5, 0.6) is 0 Å². The molecule has 1 aliphatic carbocycles. The molecular weight excluding hydrogens is 462 g/mol. The number of carboxylic acid groups (broad SMARTS) is 1. The number of hydrogen-bond acceptors (Lipinski definition) is 5. The maximum absolute atomic E-state index is 14.1. The summed E-state index contributed by atoms with van der Waals surface area (Å²) in [5, 5.41) is 11.5. The summed E-state index contributed by atoms with van der Waals surface area (Å²) >= 11 is 0. The Morgan fingerprint density at radius 2 is 1.69 bits per heavy atom. The summed E-state index contributed by atoms with van der Waals surface area (Å²) in [7, 11) is 1.31. The maximum Gasteiger partial charge on any atom is 0.407 e. The number of rotatable bonds is 7. The molecule has 1 saturated heterocycles. The summed E-state index contributed by atoms with van der Waals surface area (Å²) in [6.07, 6.45) is -1.78. The lowest BCUT2D eigenvalue weighted by Gasteiger charge is -2.27. The first-order valence-electron chi connectivity index (χ1n) is 11.2. The summed E-state index contributed by atoms with van der Waals surface area (Å²) in [5.74, 6) is -8.34. The highest BCUT2D eigenvalue weighted by Crippen LogP contribution is 2.44. The maximum atomic E-state index is 14.1. The number of hydrogen-bond donors (Lipinski definition) is 2. The Labute approximate surface area is 200 Å². The Hall–Kier alpha value is -3.53. The molecule has 2 aliphatic rings. The zero-order valence-corrected chi connectivity index (χ0v) is 19.2. The number of halogens is 2. The van der Waals surface area contributed by atoms with E-state index >= 15 is 0 Å². The normalized spacial score (nSPS) is 20.0. The summed E-state index contributed by atoms with van der Waals surface area (Å²) in [5.41, 5.74) is 4.14. The number of nitrogens with one attached hydrogen (secondary N) is 1. The molecule has 35 heavy (non-hydrogen) atoms. The summed E-state index contributed by atoms with van der Waals surface area (Å²) in [6.45, 7) is -0.219. The lowest BCUT2D eigenvalue weighted by Crippen LogP contribution is -2.54. The van der Waals surface area contributed by atoms with Crippen LogP contribution in [-0.2, 0) is 19.1 Å². The lowest BCUT2D eigenvalue weighted by atomic mass is 9.98. The number of methoxy groups -OCH3 is 1. The molecule has 4 rings (SSSR count). The number of benzene rings is 2. The standard InChI is InChI=1S/C25H26F2N2O6/c1-14(34-2)21(22(30)29-11-20(23(31)32)25(26,27)13-29)28-24(33)35-12-19-17-9-5-3-7-15(17)16-8-4-6-10-18(16)19/h3-10,14,19-21H,11-13H2,1-2H3,(H,28,33)(H,31,32). The number of alkyl carbamates (subject to hydrolysis) is 1. The van der Waals surface area contributed by atoms with Crippen LogP contribution in [0.2, 0.25) is 0 Å². The van der Waals surface area contributed by atoms with E-state index in [0.29, 0.717) is 0 Å². The number of likely N-dealkylation sites (tertiary alicyclic amines) is 1. The van der Waals surface area contributed by atoms with Gasteiger partial charge in [0, 0.05) is 19.6 Å². The largest absolute Gasteiger partial charge is 0.481 e. The summed E-state index contributed by atoms with van der Waals surface area (Å²) in [4.78, 5) is 37.6. The van der Waals surface area contributed by atoms with Gasteiger partial charge < -0.3 is 24.8 Å². The molecule has 0 aromatic heterocycles. The second-order valence-electron chi connectivity index (χ2n) is 8.76. The van der Waals surface area contributed by atoms with Gasteiger partial charge in [-0.15, -0.1) is 0 Å². The second kappa shape index (κ2) is 9.61. The van der Waals surface area contributed by atoms with E-state index in [1.807, 2.05) is 48.5 Å². The first-order chi connectivity index (χ1) is 16.6. The van der Waals surface area contributed by atoms with Gasteiger partial charge in [-0.25, -0.2) is 13.6 Å². The molecule has 3 atom stereocenters. The molecule has 2 aromatic rings. The highest BCUT2D eigenvalue weighted by molar-refractivity contribution is 5.87. The fraction of sp³-hybridized carbons (Fsp3) is 0.400. The monoisotopic (exact) mass is 488 g/mol. The Balaban J connectivity index is 1.45. The van der Waals surface area contributed by atoms with E-state index in [-0.39, 0.29) is 12.5 Å². The lowest BCUT2D eigenvalue weighted by molar-refractivity contribution is -0.151. The quantitative estimate of drug-likeness (QED) is 0.621. The van der Waals surface area contributed by atoms with E-state index in [4.69, 9.17) is 14.6 Å². The first kappa shape index (κ1) is 24.6. The van der Waals surface area contributed by atoms with Crippen LogP contribution in [0, 0.1) is 5.92 Å². The average molecular weight is 488 g/mol. The van der Waals surface area contributed by atoms with Crippen molar-refractivity contribution < 1.29 is 37.7 Å². The zero-order valence-electron chi connectivity index (χ0n) is 19.2. The van der Waals surface area contributed by atoms with Crippen LogP contribution < -0.4 is 5.32 Å². The Bertz CT molecular complexity index is 1090. The van der Waals surface area contributed by atoms with Gasteiger partial charge in [-0.3, -0.25) is 9.59 Å². The van der Waals surface area contributed by atoms with E-state index in [0.717, 1.165) is 27.2 Å². The van der Waals surface area contributed by atoms with Crippen molar-refractivity contribution in [3.63, 3.8) is 0 Å². The van der Waals surface area contributed by atoms with Gasteiger partial charge in [0.25, 0.3) is 5.92 Å². The van der Waals surface area contributed by atoms with Gasteiger partial charge in [-0.1, -0.05) is 48.5 Å². The molecule has 186 valence electrons. The van der Waals surface area contributed by atoms with Gasteiger partial charge in [-0.05, 0) is 29.2 Å². The number of alkyl halides is 2. The van der Waals surface area contributed by atoms with E-state index in [1.54, 1.807) is 0 Å². The van der Waals surface area contributed by atoms with Crippen molar-refractivity contribution in [2.24, 2.45) is 5.92 Å². The third kappa shape index (κ3) is 4.70. The molecule has 10 heteroatoms. The molecule has 1 fully saturated rings.